The van der Waals surface area contributed by atoms with Gasteiger partial charge in [-0.25, -0.2) is 0 Å². The number of hydrogen-bond acceptors (Lipinski definition) is 3. The van der Waals surface area contributed by atoms with Crippen molar-refractivity contribution >= 4 is 5.91 Å². The number of rotatable bonds is 6. The fraction of sp³-hybridized carbons (Fsp3) is 0.929. The highest BCUT2D eigenvalue weighted by atomic mass is 16.5. The predicted octanol–water partition coefficient (Wildman–Crippen LogP) is 1.36. The van der Waals surface area contributed by atoms with Gasteiger partial charge in [-0.05, 0) is 19.3 Å². The number of amides is 1. The van der Waals surface area contributed by atoms with E-state index in [1.165, 1.54) is 12.8 Å². The van der Waals surface area contributed by atoms with Crippen LogP contribution >= 0.6 is 0 Å². The van der Waals surface area contributed by atoms with Crippen LogP contribution in [-0.4, -0.2) is 61.6 Å². The molecule has 0 aromatic heterocycles. The number of ether oxygens (including phenoxy) is 1. The van der Waals surface area contributed by atoms with Crippen molar-refractivity contribution in [3.8, 4) is 0 Å². The first-order valence-corrected chi connectivity index (χ1v) is 7.28. The van der Waals surface area contributed by atoms with Gasteiger partial charge in [0.15, 0.2) is 0 Å². The van der Waals surface area contributed by atoms with E-state index in [1.54, 1.807) is 7.11 Å². The van der Waals surface area contributed by atoms with Crippen LogP contribution in [0, 0.1) is 5.92 Å². The molecule has 2 aliphatic rings. The van der Waals surface area contributed by atoms with Crippen LogP contribution in [0.25, 0.3) is 0 Å². The van der Waals surface area contributed by atoms with Gasteiger partial charge in [0.05, 0.1) is 6.61 Å². The maximum absolute atomic E-state index is 12.1. The third-order valence-electron chi connectivity index (χ3n) is 4.05. The maximum Gasteiger partial charge on any atom is 0.225 e. The van der Waals surface area contributed by atoms with Crippen molar-refractivity contribution in [3.05, 3.63) is 0 Å². The Morgan fingerprint density at radius 2 is 2.11 bits per heavy atom. The van der Waals surface area contributed by atoms with E-state index < -0.39 is 0 Å². The molecule has 1 aliphatic carbocycles. The minimum Gasteiger partial charge on any atom is -0.383 e. The second kappa shape index (κ2) is 6.53. The lowest BCUT2D eigenvalue weighted by Crippen LogP contribution is -2.55. The summed E-state index contributed by atoms with van der Waals surface area (Å²) in [5.41, 5.74) is 0. The van der Waals surface area contributed by atoms with Gasteiger partial charge in [0.2, 0.25) is 5.91 Å². The van der Waals surface area contributed by atoms with Crippen molar-refractivity contribution in [1.82, 2.24) is 9.80 Å². The van der Waals surface area contributed by atoms with Crippen molar-refractivity contribution in [3.63, 3.8) is 0 Å². The molecule has 2 fully saturated rings. The molecule has 1 saturated heterocycles. The lowest BCUT2D eigenvalue weighted by atomic mass is 10.1. The van der Waals surface area contributed by atoms with Gasteiger partial charge >= 0.3 is 0 Å². The normalized spacial score (nSPS) is 25.4. The van der Waals surface area contributed by atoms with Crippen LogP contribution in [0.2, 0.25) is 0 Å². The number of nitrogens with zero attached hydrogens (tertiary/aromatic N) is 2. The number of hydrogen-bond donors (Lipinski definition) is 0. The van der Waals surface area contributed by atoms with Crippen LogP contribution in [0.5, 0.6) is 0 Å². The molecule has 4 nitrogen and oxygen atoms in total. The lowest BCUT2D eigenvalue weighted by molar-refractivity contribution is -0.135. The van der Waals surface area contributed by atoms with Crippen molar-refractivity contribution in [2.75, 3.05) is 39.9 Å². The van der Waals surface area contributed by atoms with Crippen LogP contribution in [0.1, 0.15) is 32.6 Å². The second-order valence-corrected chi connectivity index (χ2v) is 5.53. The minimum absolute atomic E-state index is 0.359. The first kappa shape index (κ1) is 13.8. The number of carbonyl (C=O) groups excluding carboxylic acids is 1. The number of methoxy groups -OCH3 is 1. The molecule has 1 saturated carbocycles. The molecule has 1 atom stereocenters. The Bertz CT molecular complexity index is 279. The topological polar surface area (TPSA) is 32.8 Å². The molecule has 0 aromatic rings. The zero-order valence-electron chi connectivity index (χ0n) is 11.7. The highest BCUT2D eigenvalue weighted by molar-refractivity contribution is 5.81. The predicted molar refractivity (Wildman–Crippen MR) is 71.4 cm³/mol. The van der Waals surface area contributed by atoms with E-state index in [0.717, 1.165) is 45.6 Å². The van der Waals surface area contributed by atoms with Crippen molar-refractivity contribution in [2.45, 2.75) is 38.6 Å². The molecule has 0 bridgehead atoms. The summed E-state index contributed by atoms with van der Waals surface area (Å²) in [5, 5.41) is 0. The molecule has 0 spiro atoms. The van der Waals surface area contributed by atoms with Crippen molar-refractivity contribution in [1.29, 1.82) is 0 Å². The largest absolute Gasteiger partial charge is 0.383 e. The number of piperazine rings is 1. The Morgan fingerprint density at radius 3 is 2.72 bits per heavy atom. The molecule has 1 heterocycles. The summed E-state index contributed by atoms with van der Waals surface area (Å²) in [7, 11) is 1.75. The van der Waals surface area contributed by atoms with Gasteiger partial charge in [0.1, 0.15) is 0 Å². The average molecular weight is 254 g/mol. The zero-order chi connectivity index (χ0) is 13.0. The molecule has 0 aromatic carbocycles. The summed E-state index contributed by atoms with van der Waals surface area (Å²) in [4.78, 5) is 16.7. The quantitative estimate of drug-likeness (QED) is 0.717. The Hall–Kier alpha value is -0.610. The van der Waals surface area contributed by atoms with E-state index in [-0.39, 0.29) is 0 Å². The monoisotopic (exact) mass is 254 g/mol. The van der Waals surface area contributed by atoms with Gasteiger partial charge < -0.3 is 9.64 Å². The van der Waals surface area contributed by atoms with Gasteiger partial charge in [0, 0.05) is 45.2 Å². The third-order valence-corrected chi connectivity index (χ3v) is 4.05. The van der Waals surface area contributed by atoms with Crippen molar-refractivity contribution in [2.24, 2.45) is 5.92 Å². The first-order chi connectivity index (χ1) is 8.76. The SMILES string of the molecule is CCC[C@@H]1CN(C(=O)C2CC2)CCN1CCOC. The summed E-state index contributed by atoms with van der Waals surface area (Å²) < 4.78 is 5.17. The van der Waals surface area contributed by atoms with Gasteiger partial charge in [-0.15, -0.1) is 0 Å². The van der Waals surface area contributed by atoms with Crippen LogP contribution < -0.4 is 0 Å². The molecule has 0 unspecified atom stereocenters. The Labute approximate surface area is 110 Å². The highest BCUT2D eigenvalue weighted by Crippen LogP contribution is 2.31. The Morgan fingerprint density at radius 1 is 1.33 bits per heavy atom. The Balaban J connectivity index is 1.87. The molecule has 1 aliphatic heterocycles. The number of carbonyl (C=O) groups is 1. The molecule has 104 valence electrons. The van der Waals surface area contributed by atoms with Crippen LogP contribution in [0.15, 0.2) is 0 Å². The van der Waals surface area contributed by atoms with E-state index in [9.17, 15) is 4.79 Å². The summed E-state index contributed by atoms with van der Waals surface area (Å²) in [6.45, 7) is 6.83. The van der Waals surface area contributed by atoms with Crippen LogP contribution in [-0.2, 0) is 9.53 Å². The van der Waals surface area contributed by atoms with E-state index >= 15 is 0 Å². The molecule has 18 heavy (non-hydrogen) atoms. The van der Waals surface area contributed by atoms with Gasteiger partial charge in [-0.1, -0.05) is 13.3 Å². The third kappa shape index (κ3) is 3.45. The molecule has 4 heteroatoms. The summed E-state index contributed by atoms with van der Waals surface area (Å²) in [6, 6.07) is 0.529. The molecule has 2 rings (SSSR count). The zero-order valence-corrected chi connectivity index (χ0v) is 11.7. The molecular formula is C14H26N2O2. The van der Waals surface area contributed by atoms with Gasteiger partial charge in [-0.2, -0.15) is 0 Å². The highest BCUT2D eigenvalue weighted by Gasteiger charge is 2.36. The lowest BCUT2D eigenvalue weighted by Gasteiger charge is -2.41. The van der Waals surface area contributed by atoms with E-state index in [0.29, 0.717) is 17.9 Å². The Kier molecular flexibility index (Phi) is 5.01. The molecule has 0 N–H and O–H groups in total. The van der Waals surface area contributed by atoms with Gasteiger partial charge in [0.25, 0.3) is 0 Å². The standard InChI is InChI=1S/C14H26N2O2/c1-3-4-13-11-16(14(17)12-5-6-12)8-7-15(13)9-10-18-2/h12-13H,3-11H2,1-2H3/t13-/m1/s1. The van der Waals surface area contributed by atoms with Crippen molar-refractivity contribution < 1.29 is 9.53 Å². The minimum atomic E-state index is 0.359. The smallest absolute Gasteiger partial charge is 0.225 e. The van der Waals surface area contributed by atoms with Crippen LogP contribution in [0.3, 0.4) is 0 Å². The van der Waals surface area contributed by atoms with E-state index in [4.69, 9.17) is 4.74 Å². The molecular weight excluding hydrogens is 228 g/mol. The van der Waals surface area contributed by atoms with Gasteiger partial charge in [-0.3, -0.25) is 9.69 Å². The van der Waals surface area contributed by atoms with Crippen LogP contribution in [0.4, 0.5) is 0 Å². The second-order valence-electron chi connectivity index (χ2n) is 5.53. The molecule has 0 radical (unpaired) electrons. The van der Waals surface area contributed by atoms with E-state index in [1.807, 2.05) is 0 Å². The summed E-state index contributed by atoms with van der Waals surface area (Å²) in [5.74, 6) is 0.764. The molecule has 1 amide bonds. The van der Waals surface area contributed by atoms with E-state index in [2.05, 4.69) is 16.7 Å². The maximum atomic E-state index is 12.1. The first-order valence-electron chi connectivity index (χ1n) is 7.28. The fourth-order valence-electron chi connectivity index (χ4n) is 2.79. The fourth-order valence-corrected chi connectivity index (χ4v) is 2.79. The summed E-state index contributed by atoms with van der Waals surface area (Å²) in [6.07, 6.45) is 4.58. The summed E-state index contributed by atoms with van der Waals surface area (Å²) >= 11 is 0. The average Bonchev–Trinajstić information content (AvgIpc) is 3.21.